The van der Waals surface area contributed by atoms with Crippen LogP contribution >= 0.6 is 0 Å². The molecule has 3 aromatic rings. The summed E-state index contributed by atoms with van der Waals surface area (Å²) in [5, 5.41) is 5.80. The molecule has 2 aliphatic carbocycles. The molecule has 3 saturated heterocycles. The highest BCUT2D eigenvalue weighted by Gasteiger charge is 2.62. The van der Waals surface area contributed by atoms with E-state index in [1.165, 1.54) is 8.87 Å². The van der Waals surface area contributed by atoms with Crippen molar-refractivity contribution < 1.29 is 27.6 Å². The lowest BCUT2D eigenvalue weighted by Gasteiger charge is -2.35. The number of fused-ring (bicyclic) bond motifs is 3. The monoisotopic (exact) mass is 844 g/mol. The van der Waals surface area contributed by atoms with E-state index in [0.29, 0.717) is 95.1 Å². The molecule has 322 valence electrons. The molecule has 4 aliphatic heterocycles. The molecule has 2 saturated carbocycles. The number of carbonyl (C=O) groups excluding carboxylic acids is 4. The van der Waals surface area contributed by atoms with Crippen LogP contribution in [0, 0.1) is 5.92 Å². The molecule has 1 aromatic carbocycles. The molecular formula is C42H56N10O7S. The highest BCUT2D eigenvalue weighted by atomic mass is 32.2. The largest absolute Gasteiger partial charge is 0.351 e. The smallest absolute Gasteiger partial charge is 0.329 e. The Morgan fingerprint density at radius 2 is 1.72 bits per heavy atom. The Morgan fingerprint density at radius 3 is 2.45 bits per heavy atom. The summed E-state index contributed by atoms with van der Waals surface area (Å²) in [5.41, 5.74) is 2.54. The number of amides is 4. The van der Waals surface area contributed by atoms with Crippen LogP contribution in [0.1, 0.15) is 108 Å². The molecular weight excluding hydrogens is 789 g/mol. The van der Waals surface area contributed by atoms with Gasteiger partial charge in [-0.05, 0) is 88.2 Å². The number of carbonyl (C=O) groups is 4. The molecule has 60 heavy (non-hydrogen) atoms. The fourth-order valence-corrected chi connectivity index (χ4v) is 12.2. The third-order valence-corrected chi connectivity index (χ3v) is 16.1. The van der Waals surface area contributed by atoms with Gasteiger partial charge in [0.05, 0.1) is 16.4 Å². The number of imidazole rings is 1. The molecule has 3 unspecified atom stereocenters. The number of hydrogen-bond acceptors (Lipinski definition) is 10. The SMILES string of the molecule is CC1CCCC1N1C(=O)C2(CC2)c2cnc(NC3CCN(S(=O)(=O)N4CCCN(C(=O)CCCCc5cccc6c5n(C)c(=O)n6C5CCC(=O)NC5=O)CC4)CC3)nc21. The molecule has 3 atom stereocenters. The minimum Gasteiger partial charge on any atom is -0.351 e. The first-order chi connectivity index (χ1) is 28.9. The van der Waals surface area contributed by atoms with Crippen molar-refractivity contribution in [3.05, 3.63) is 46.0 Å². The molecule has 17 nitrogen and oxygen atoms in total. The van der Waals surface area contributed by atoms with Gasteiger partial charge in [-0.3, -0.25) is 38.5 Å². The van der Waals surface area contributed by atoms with Crippen LogP contribution < -0.4 is 21.2 Å². The fourth-order valence-electron chi connectivity index (χ4n) is 10.5. The average Bonchev–Trinajstić information content (AvgIpc) is 3.89. The van der Waals surface area contributed by atoms with Crippen molar-refractivity contribution in [2.24, 2.45) is 13.0 Å². The number of para-hydroxylation sites is 1. The second-order valence-electron chi connectivity index (χ2n) is 17.8. The van der Waals surface area contributed by atoms with Crippen molar-refractivity contribution in [3.8, 4) is 0 Å². The molecule has 2 aromatic heterocycles. The molecule has 4 amide bonds. The molecule has 18 heteroatoms. The van der Waals surface area contributed by atoms with Gasteiger partial charge in [0.2, 0.25) is 29.6 Å². The third kappa shape index (κ3) is 7.21. The summed E-state index contributed by atoms with van der Waals surface area (Å²) in [7, 11) is -2.04. The summed E-state index contributed by atoms with van der Waals surface area (Å²) in [6, 6.07) is 5.06. The van der Waals surface area contributed by atoms with Crippen LogP contribution in [0.3, 0.4) is 0 Å². The molecule has 9 rings (SSSR count). The predicted octanol–water partition coefficient (Wildman–Crippen LogP) is 2.74. The summed E-state index contributed by atoms with van der Waals surface area (Å²) in [6.07, 6.45) is 11.3. The van der Waals surface area contributed by atoms with Gasteiger partial charge in [0, 0.05) is 83.0 Å². The van der Waals surface area contributed by atoms with E-state index in [1.807, 2.05) is 29.3 Å². The lowest BCUT2D eigenvalue weighted by atomic mass is 10.0. The first-order valence-corrected chi connectivity index (χ1v) is 23.3. The van der Waals surface area contributed by atoms with E-state index in [4.69, 9.17) is 4.98 Å². The highest BCUT2D eigenvalue weighted by molar-refractivity contribution is 7.86. The van der Waals surface area contributed by atoms with Gasteiger partial charge in [-0.2, -0.15) is 22.0 Å². The number of piperidine rings is 2. The van der Waals surface area contributed by atoms with Gasteiger partial charge >= 0.3 is 5.69 Å². The number of rotatable bonds is 11. The van der Waals surface area contributed by atoms with E-state index in [-0.39, 0.29) is 54.9 Å². The van der Waals surface area contributed by atoms with Gasteiger partial charge in [-0.15, -0.1) is 0 Å². The highest BCUT2D eigenvalue weighted by Crippen LogP contribution is 2.58. The number of unbranched alkanes of at least 4 members (excludes halogenated alkanes) is 1. The van der Waals surface area contributed by atoms with Gasteiger partial charge < -0.3 is 10.2 Å². The molecule has 2 N–H and O–H groups in total. The van der Waals surface area contributed by atoms with Crippen molar-refractivity contribution in [3.63, 3.8) is 0 Å². The third-order valence-electron chi connectivity index (χ3n) is 14.1. The first kappa shape index (κ1) is 40.7. The Labute approximate surface area is 350 Å². The number of nitrogens with zero attached hydrogens (tertiary/aromatic N) is 8. The summed E-state index contributed by atoms with van der Waals surface area (Å²) >= 11 is 0. The fraction of sp³-hybridized carbons (Fsp3) is 0.643. The average molecular weight is 845 g/mol. The molecule has 5 fully saturated rings. The zero-order chi connectivity index (χ0) is 41.9. The number of anilines is 2. The first-order valence-electron chi connectivity index (χ1n) is 21.9. The van der Waals surface area contributed by atoms with Crippen molar-refractivity contribution >= 4 is 56.6 Å². The van der Waals surface area contributed by atoms with Crippen LogP contribution in [-0.2, 0) is 48.3 Å². The van der Waals surface area contributed by atoms with Crippen molar-refractivity contribution in [2.75, 3.05) is 49.5 Å². The quantitative estimate of drug-likeness (QED) is 0.214. The topological polar surface area (TPSA) is 192 Å². The Hall–Kier alpha value is -4.68. The van der Waals surface area contributed by atoms with Crippen molar-refractivity contribution in [1.29, 1.82) is 0 Å². The van der Waals surface area contributed by atoms with Crippen molar-refractivity contribution in [1.82, 2.24) is 37.9 Å². The Balaban J connectivity index is 0.752. The maximum atomic E-state index is 13.9. The maximum Gasteiger partial charge on any atom is 0.329 e. The van der Waals surface area contributed by atoms with Crippen LogP contribution in [-0.4, -0.2) is 116 Å². The van der Waals surface area contributed by atoms with Gasteiger partial charge in [-0.25, -0.2) is 9.78 Å². The lowest BCUT2D eigenvalue weighted by Crippen LogP contribution is -2.50. The van der Waals surface area contributed by atoms with Gasteiger partial charge in [0.1, 0.15) is 11.9 Å². The maximum absolute atomic E-state index is 13.9. The second-order valence-corrected chi connectivity index (χ2v) is 19.7. The van der Waals surface area contributed by atoms with E-state index in [2.05, 4.69) is 22.5 Å². The predicted molar refractivity (Wildman–Crippen MR) is 223 cm³/mol. The van der Waals surface area contributed by atoms with Crippen LogP contribution in [0.25, 0.3) is 11.0 Å². The molecule has 6 heterocycles. The number of aryl methyl sites for hydroxylation is 2. The molecule has 0 radical (unpaired) electrons. The van der Waals surface area contributed by atoms with Crippen LogP contribution in [0.15, 0.2) is 29.2 Å². The number of benzene rings is 1. The van der Waals surface area contributed by atoms with E-state index < -0.39 is 27.6 Å². The van der Waals surface area contributed by atoms with E-state index >= 15 is 0 Å². The minimum absolute atomic E-state index is 0.00192. The second kappa shape index (κ2) is 16.0. The zero-order valence-corrected chi connectivity index (χ0v) is 35.4. The van der Waals surface area contributed by atoms with Crippen LogP contribution in [0.2, 0.25) is 0 Å². The standard InChI is InChI=1S/C42H56N10O7S/c1-27-8-5-11-31(27)52-37-30(42(18-19-42)39(52)56)26-43-40(46-37)44-29-16-22-50(23-17-29)60(58,59)49-21-7-20-48(24-25-49)35(54)13-4-3-9-28-10-6-12-32-36(28)47(2)41(57)51(32)33-14-15-34(53)45-38(33)55/h6,10,12,26-27,29,31,33H,3-5,7-9,11,13-25H2,1-2H3,(H,43,44,46)(H,45,53,55). The molecule has 6 aliphatic rings. The molecule has 1 spiro atoms. The Bertz CT molecular complexity index is 2380. The Morgan fingerprint density at radius 1 is 0.933 bits per heavy atom. The number of aromatic nitrogens is 4. The van der Waals surface area contributed by atoms with Gasteiger partial charge in [0.15, 0.2) is 0 Å². The van der Waals surface area contributed by atoms with Gasteiger partial charge in [0.25, 0.3) is 10.2 Å². The summed E-state index contributed by atoms with van der Waals surface area (Å²) in [5.74, 6) is 1.05. The van der Waals surface area contributed by atoms with Crippen LogP contribution in [0.4, 0.5) is 11.8 Å². The van der Waals surface area contributed by atoms with Crippen molar-refractivity contribution in [2.45, 2.75) is 120 Å². The molecule has 0 bridgehead atoms. The van der Waals surface area contributed by atoms with Gasteiger partial charge in [-0.1, -0.05) is 25.5 Å². The number of hydrogen-bond donors (Lipinski definition) is 2. The Kier molecular flexibility index (Phi) is 10.8. The summed E-state index contributed by atoms with van der Waals surface area (Å²) in [6.45, 7) is 4.37. The normalized spacial score (nSPS) is 25.2. The lowest BCUT2D eigenvalue weighted by molar-refractivity contribution is -0.136. The van der Waals surface area contributed by atoms with E-state index in [1.54, 1.807) is 20.8 Å². The zero-order valence-electron chi connectivity index (χ0n) is 34.6. The van der Waals surface area contributed by atoms with Crippen LogP contribution in [0.5, 0.6) is 0 Å². The minimum atomic E-state index is -3.72. The summed E-state index contributed by atoms with van der Waals surface area (Å²) in [4.78, 5) is 77.9. The van der Waals surface area contributed by atoms with E-state index in [0.717, 1.165) is 54.6 Å². The number of imide groups is 1. The number of nitrogens with one attached hydrogen (secondary N) is 2. The van der Waals surface area contributed by atoms with E-state index in [9.17, 15) is 32.4 Å². The summed E-state index contributed by atoms with van der Waals surface area (Å²) < 4.78 is 33.8.